The summed E-state index contributed by atoms with van der Waals surface area (Å²) in [5, 5.41) is 2.95. The number of amides is 1. The summed E-state index contributed by atoms with van der Waals surface area (Å²) in [7, 11) is 0. The van der Waals surface area contributed by atoms with Gasteiger partial charge >= 0.3 is 0 Å². The van der Waals surface area contributed by atoms with E-state index in [1.807, 2.05) is 67.6 Å². The summed E-state index contributed by atoms with van der Waals surface area (Å²) in [6.45, 7) is 1.96. The first-order valence-electron chi connectivity index (χ1n) is 6.81. The number of nitrogens with one attached hydrogen (secondary N) is 1. The van der Waals surface area contributed by atoms with Crippen LogP contribution in [0.2, 0.25) is 0 Å². The van der Waals surface area contributed by atoms with E-state index in [1.54, 1.807) is 0 Å². The van der Waals surface area contributed by atoms with Gasteiger partial charge in [-0.1, -0.05) is 60.7 Å². The highest BCUT2D eigenvalue weighted by Gasteiger charge is 2.16. The van der Waals surface area contributed by atoms with Crippen LogP contribution in [-0.2, 0) is 11.2 Å². The van der Waals surface area contributed by atoms with Crippen LogP contribution < -0.4 is 11.1 Å². The van der Waals surface area contributed by atoms with Crippen molar-refractivity contribution in [3.8, 4) is 0 Å². The molecule has 0 aliphatic heterocycles. The van der Waals surface area contributed by atoms with Crippen LogP contribution in [0.15, 0.2) is 60.7 Å². The van der Waals surface area contributed by atoms with Gasteiger partial charge < -0.3 is 11.1 Å². The molecule has 0 aliphatic carbocycles. The van der Waals surface area contributed by atoms with Crippen molar-refractivity contribution in [3.05, 3.63) is 71.8 Å². The second-order valence-corrected chi connectivity index (χ2v) is 4.94. The van der Waals surface area contributed by atoms with Crippen LogP contribution in [-0.4, -0.2) is 11.9 Å². The maximum Gasteiger partial charge on any atom is 0.237 e. The molecule has 0 aromatic heterocycles. The zero-order valence-electron chi connectivity index (χ0n) is 11.6. The number of rotatable bonds is 5. The molecule has 1 unspecified atom stereocenters. The number of carbonyl (C=O) groups excluding carboxylic acids is 1. The molecule has 0 heterocycles. The molecule has 2 atom stereocenters. The quantitative estimate of drug-likeness (QED) is 0.875. The minimum Gasteiger partial charge on any atom is -0.348 e. The Morgan fingerprint density at radius 3 is 2.20 bits per heavy atom. The van der Waals surface area contributed by atoms with E-state index in [9.17, 15) is 4.79 Å². The van der Waals surface area contributed by atoms with Crippen molar-refractivity contribution < 1.29 is 4.79 Å². The molecular weight excluding hydrogens is 248 g/mol. The molecular formula is C17H20N2O. The Labute approximate surface area is 119 Å². The SMILES string of the molecule is CC(NC(=O)[C@H](N)Cc1ccccc1)c1ccccc1. The van der Waals surface area contributed by atoms with Gasteiger partial charge in [0.1, 0.15) is 0 Å². The molecule has 0 fully saturated rings. The van der Waals surface area contributed by atoms with Crippen molar-refractivity contribution in [2.24, 2.45) is 5.73 Å². The molecule has 2 rings (SSSR count). The minimum atomic E-state index is -0.524. The monoisotopic (exact) mass is 268 g/mol. The molecule has 0 bridgehead atoms. The summed E-state index contributed by atoms with van der Waals surface area (Å²) in [5.41, 5.74) is 8.11. The predicted molar refractivity (Wildman–Crippen MR) is 81.1 cm³/mol. The molecule has 0 aliphatic rings. The van der Waals surface area contributed by atoms with Crippen LogP contribution in [0, 0.1) is 0 Å². The van der Waals surface area contributed by atoms with E-state index in [0.29, 0.717) is 6.42 Å². The van der Waals surface area contributed by atoms with Gasteiger partial charge in [0.15, 0.2) is 0 Å². The largest absolute Gasteiger partial charge is 0.348 e. The molecule has 1 amide bonds. The topological polar surface area (TPSA) is 55.1 Å². The van der Waals surface area contributed by atoms with E-state index in [0.717, 1.165) is 11.1 Å². The molecule has 0 spiro atoms. The van der Waals surface area contributed by atoms with Crippen molar-refractivity contribution in [1.29, 1.82) is 0 Å². The van der Waals surface area contributed by atoms with Crippen molar-refractivity contribution in [3.63, 3.8) is 0 Å². The molecule has 0 saturated heterocycles. The third-order valence-electron chi connectivity index (χ3n) is 3.29. The maximum absolute atomic E-state index is 12.1. The molecule has 0 radical (unpaired) electrons. The van der Waals surface area contributed by atoms with Gasteiger partial charge in [0.25, 0.3) is 0 Å². The molecule has 2 aromatic rings. The predicted octanol–water partition coefficient (Wildman–Crippen LogP) is 2.43. The van der Waals surface area contributed by atoms with E-state index in [4.69, 9.17) is 5.73 Å². The van der Waals surface area contributed by atoms with Crippen molar-refractivity contribution in [2.45, 2.75) is 25.4 Å². The summed E-state index contributed by atoms with van der Waals surface area (Å²) < 4.78 is 0. The minimum absolute atomic E-state index is 0.0366. The zero-order valence-corrected chi connectivity index (χ0v) is 11.6. The van der Waals surface area contributed by atoms with E-state index in [-0.39, 0.29) is 11.9 Å². The van der Waals surface area contributed by atoms with Gasteiger partial charge in [-0.05, 0) is 24.5 Å². The van der Waals surface area contributed by atoms with Gasteiger partial charge in [-0.15, -0.1) is 0 Å². The summed E-state index contributed by atoms with van der Waals surface area (Å²) in [5.74, 6) is -0.120. The van der Waals surface area contributed by atoms with Crippen LogP contribution in [0.25, 0.3) is 0 Å². The van der Waals surface area contributed by atoms with Crippen molar-refractivity contribution >= 4 is 5.91 Å². The van der Waals surface area contributed by atoms with Crippen LogP contribution in [0.4, 0.5) is 0 Å². The fourth-order valence-corrected chi connectivity index (χ4v) is 2.11. The average molecular weight is 268 g/mol. The third kappa shape index (κ3) is 3.93. The lowest BCUT2D eigenvalue weighted by Gasteiger charge is -2.18. The summed E-state index contributed by atoms with van der Waals surface area (Å²) in [6, 6.07) is 19.1. The van der Waals surface area contributed by atoms with Crippen molar-refractivity contribution in [1.82, 2.24) is 5.32 Å². The first-order chi connectivity index (χ1) is 9.66. The van der Waals surface area contributed by atoms with E-state index in [1.165, 1.54) is 0 Å². The van der Waals surface area contributed by atoms with E-state index in [2.05, 4.69) is 5.32 Å². The Morgan fingerprint density at radius 1 is 1.05 bits per heavy atom. The van der Waals surface area contributed by atoms with Crippen molar-refractivity contribution in [2.75, 3.05) is 0 Å². The average Bonchev–Trinajstić information content (AvgIpc) is 2.49. The Morgan fingerprint density at radius 2 is 1.60 bits per heavy atom. The smallest absolute Gasteiger partial charge is 0.237 e. The van der Waals surface area contributed by atoms with E-state index < -0.39 is 6.04 Å². The lowest BCUT2D eigenvalue weighted by atomic mass is 10.0. The van der Waals surface area contributed by atoms with Gasteiger partial charge in [-0.3, -0.25) is 4.79 Å². The lowest BCUT2D eigenvalue weighted by Crippen LogP contribution is -2.42. The molecule has 3 heteroatoms. The summed E-state index contributed by atoms with van der Waals surface area (Å²) in [4.78, 5) is 12.1. The number of benzene rings is 2. The third-order valence-corrected chi connectivity index (χ3v) is 3.29. The molecule has 20 heavy (non-hydrogen) atoms. The van der Waals surface area contributed by atoms with Crippen LogP contribution in [0.5, 0.6) is 0 Å². The highest BCUT2D eigenvalue weighted by Crippen LogP contribution is 2.11. The van der Waals surface area contributed by atoms with Crippen LogP contribution in [0.1, 0.15) is 24.1 Å². The molecule has 104 valence electrons. The van der Waals surface area contributed by atoms with Gasteiger partial charge in [0.2, 0.25) is 5.91 Å². The number of nitrogens with two attached hydrogens (primary N) is 1. The first kappa shape index (κ1) is 14.3. The molecule has 3 nitrogen and oxygen atoms in total. The normalized spacial score (nSPS) is 13.5. The standard InChI is InChI=1S/C17H20N2O/c1-13(15-10-6-3-7-11-15)19-17(20)16(18)12-14-8-4-2-5-9-14/h2-11,13,16H,12,18H2,1H3,(H,19,20)/t13?,16-/m1/s1. The Bertz CT molecular complexity index is 539. The Balaban J connectivity index is 1.91. The molecule has 0 saturated carbocycles. The number of hydrogen-bond acceptors (Lipinski definition) is 2. The maximum atomic E-state index is 12.1. The fourth-order valence-electron chi connectivity index (χ4n) is 2.11. The Hall–Kier alpha value is -2.13. The first-order valence-corrected chi connectivity index (χ1v) is 6.81. The zero-order chi connectivity index (χ0) is 14.4. The number of hydrogen-bond donors (Lipinski definition) is 2. The fraction of sp³-hybridized carbons (Fsp3) is 0.235. The van der Waals surface area contributed by atoms with Gasteiger partial charge in [-0.25, -0.2) is 0 Å². The summed E-state index contributed by atoms with van der Waals surface area (Å²) in [6.07, 6.45) is 0.550. The second-order valence-electron chi connectivity index (χ2n) is 4.94. The van der Waals surface area contributed by atoms with Gasteiger partial charge in [-0.2, -0.15) is 0 Å². The summed E-state index contributed by atoms with van der Waals surface area (Å²) >= 11 is 0. The highest BCUT2D eigenvalue weighted by molar-refractivity contribution is 5.82. The van der Waals surface area contributed by atoms with Gasteiger partial charge in [0.05, 0.1) is 12.1 Å². The highest BCUT2D eigenvalue weighted by atomic mass is 16.2. The van der Waals surface area contributed by atoms with Crippen LogP contribution >= 0.6 is 0 Å². The molecule has 3 N–H and O–H groups in total. The Kier molecular flexibility index (Phi) is 4.91. The van der Waals surface area contributed by atoms with E-state index >= 15 is 0 Å². The molecule has 2 aromatic carbocycles. The lowest BCUT2D eigenvalue weighted by molar-refractivity contribution is -0.123. The number of carbonyl (C=O) groups is 1. The van der Waals surface area contributed by atoms with Crippen LogP contribution in [0.3, 0.4) is 0 Å². The second kappa shape index (κ2) is 6.87. The van der Waals surface area contributed by atoms with Gasteiger partial charge in [0, 0.05) is 0 Å².